The number of carbonyl (C=O) groups excluding carboxylic acids is 1. The zero-order valence-corrected chi connectivity index (χ0v) is 17.7. The number of carboxylic acid groups (broad SMARTS) is 1. The Kier molecular flexibility index (Phi) is 5.50. The molecule has 0 aromatic rings. The summed E-state index contributed by atoms with van der Waals surface area (Å²) in [5, 5.41) is 20.1. The van der Waals surface area contributed by atoms with Gasteiger partial charge in [-0.1, -0.05) is 6.92 Å². The zero-order valence-electron chi connectivity index (χ0n) is 16.9. The van der Waals surface area contributed by atoms with Gasteiger partial charge in [0.2, 0.25) is 5.91 Å². The van der Waals surface area contributed by atoms with Crippen molar-refractivity contribution in [2.75, 3.05) is 33.2 Å². The normalized spacial score (nSPS) is 36.0. The van der Waals surface area contributed by atoms with Crippen molar-refractivity contribution < 1.29 is 19.8 Å². The lowest BCUT2D eigenvalue weighted by Crippen LogP contribution is -2.63. The number of rotatable bonds is 5. The van der Waals surface area contributed by atoms with Gasteiger partial charge in [-0.15, -0.1) is 11.8 Å². The maximum absolute atomic E-state index is 12.5. The average Bonchev–Trinajstić information content (AvgIpc) is 3.18. The fourth-order valence-electron chi connectivity index (χ4n) is 5.40. The van der Waals surface area contributed by atoms with Crippen LogP contribution in [0.25, 0.3) is 0 Å². The smallest absolute Gasteiger partial charge is 0.353 e. The summed E-state index contributed by atoms with van der Waals surface area (Å²) in [4.78, 5) is 31.6. The van der Waals surface area contributed by atoms with Crippen molar-refractivity contribution in [2.24, 2.45) is 11.8 Å². The number of aliphatic hydroxyl groups excluding tert-OH is 1. The molecule has 4 aliphatic heterocycles. The summed E-state index contributed by atoms with van der Waals surface area (Å²) in [7, 11) is 2.17. The molecule has 0 unspecified atom stereocenters. The molecule has 3 fully saturated rings. The number of thioether (sulfide) groups is 1. The Morgan fingerprint density at radius 3 is 2.50 bits per heavy atom. The molecule has 4 heterocycles. The lowest BCUT2D eigenvalue weighted by molar-refractivity contribution is -0.163. The number of aliphatic carboxylic acids is 1. The molecular formula is C20H31N3O4S. The van der Waals surface area contributed by atoms with Gasteiger partial charge in [0.05, 0.1) is 18.1 Å². The van der Waals surface area contributed by atoms with Crippen LogP contribution in [0.3, 0.4) is 0 Å². The zero-order chi connectivity index (χ0) is 20.2. The quantitative estimate of drug-likeness (QED) is 0.657. The van der Waals surface area contributed by atoms with E-state index in [0.29, 0.717) is 11.3 Å². The van der Waals surface area contributed by atoms with Crippen LogP contribution in [0.5, 0.6) is 0 Å². The third-order valence-corrected chi connectivity index (χ3v) is 8.52. The maximum Gasteiger partial charge on any atom is 0.353 e. The predicted molar refractivity (Wildman–Crippen MR) is 108 cm³/mol. The fourth-order valence-corrected chi connectivity index (χ4v) is 6.90. The summed E-state index contributed by atoms with van der Waals surface area (Å²) in [6.45, 7) is 7.96. The Labute approximate surface area is 170 Å². The van der Waals surface area contributed by atoms with Gasteiger partial charge in [0.15, 0.2) is 0 Å². The number of nitrogens with zero attached hydrogens (tertiary/aromatic N) is 3. The van der Waals surface area contributed by atoms with Crippen molar-refractivity contribution in [2.45, 2.75) is 56.5 Å². The summed E-state index contributed by atoms with van der Waals surface area (Å²) in [6, 6.07) is 0.421. The Morgan fingerprint density at radius 2 is 1.89 bits per heavy atom. The molecule has 4 rings (SSSR count). The fraction of sp³-hybridized carbons (Fsp3) is 0.800. The first kappa shape index (κ1) is 20.2. The van der Waals surface area contributed by atoms with Crippen molar-refractivity contribution >= 4 is 23.6 Å². The molecule has 5 atom stereocenters. The third kappa shape index (κ3) is 3.28. The van der Waals surface area contributed by atoms with Crippen LogP contribution >= 0.6 is 11.8 Å². The number of fused-ring (bicyclic) bond motifs is 1. The minimum Gasteiger partial charge on any atom is -0.477 e. The SMILES string of the molecule is C[C@@H](O)[C@H]1C(=O)N2C(C(=O)O)=C(S[C@@H]3CCN(C4CCN(C)CC4)C3)[C@H](C)[C@H]12. The van der Waals surface area contributed by atoms with Gasteiger partial charge < -0.3 is 20.0 Å². The highest BCUT2D eigenvalue weighted by Gasteiger charge is 2.60. The van der Waals surface area contributed by atoms with E-state index >= 15 is 0 Å². The molecule has 0 spiro atoms. The van der Waals surface area contributed by atoms with Crippen LogP contribution in [0.2, 0.25) is 0 Å². The largest absolute Gasteiger partial charge is 0.477 e. The van der Waals surface area contributed by atoms with E-state index in [0.717, 1.165) is 37.5 Å². The highest BCUT2D eigenvalue weighted by atomic mass is 32.2. The van der Waals surface area contributed by atoms with E-state index in [1.165, 1.54) is 17.7 Å². The standard InChI is InChI=1S/C20H31N3O4S/c1-11-16-15(12(2)24)19(25)23(16)17(20(26)27)18(11)28-14-6-9-22(10-14)13-4-7-21(3)8-5-13/h11-16,24H,4-10H2,1-3H3,(H,26,27)/t11-,12-,14-,15-,16-/m1/s1. The van der Waals surface area contributed by atoms with Crippen LogP contribution in [0.1, 0.15) is 33.1 Å². The van der Waals surface area contributed by atoms with E-state index in [1.54, 1.807) is 18.7 Å². The second-order valence-electron chi connectivity index (χ2n) is 8.83. The molecule has 1 amide bonds. The first-order chi connectivity index (χ1) is 13.3. The van der Waals surface area contributed by atoms with E-state index < -0.39 is 18.0 Å². The van der Waals surface area contributed by atoms with Crippen LogP contribution in [-0.2, 0) is 9.59 Å². The predicted octanol–water partition coefficient (Wildman–Crippen LogP) is 1.04. The molecule has 0 saturated carbocycles. The molecule has 2 N–H and O–H groups in total. The second-order valence-corrected chi connectivity index (χ2v) is 10.2. The molecule has 156 valence electrons. The van der Waals surface area contributed by atoms with E-state index in [9.17, 15) is 19.8 Å². The number of β-lactam (4-membered cyclic amide) rings is 1. The molecule has 8 heteroatoms. The van der Waals surface area contributed by atoms with Gasteiger partial charge in [0.25, 0.3) is 0 Å². The summed E-state index contributed by atoms with van der Waals surface area (Å²) in [5.74, 6) is -1.80. The molecule has 0 bridgehead atoms. The number of carbonyl (C=O) groups is 2. The molecule has 3 saturated heterocycles. The van der Waals surface area contributed by atoms with Crippen LogP contribution < -0.4 is 0 Å². The second kappa shape index (κ2) is 7.63. The highest BCUT2D eigenvalue weighted by Crippen LogP contribution is 2.52. The molecule has 0 radical (unpaired) electrons. The summed E-state index contributed by atoms with van der Waals surface area (Å²) < 4.78 is 0. The van der Waals surface area contributed by atoms with Gasteiger partial charge in [-0.05, 0) is 52.9 Å². The van der Waals surface area contributed by atoms with Gasteiger partial charge in [-0.2, -0.15) is 0 Å². The third-order valence-electron chi connectivity index (χ3n) is 6.99. The van der Waals surface area contributed by atoms with Crippen LogP contribution in [0.15, 0.2) is 10.6 Å². The summed E-state index contributed by atoms with van der Waals surface area (Å²) >= 11 is 1.66. The van der Waals surface area contributed by atoms with Crippen LogP contribution in [0.4, 0.5) is 0 Å². The van der Waals surface area contributed by atoms with Gasteiger partial charge in [0.1, 0.15) is 5.70 Å². The Balaban J connectivity index is 1.45. The lowest BCUT2D eigenvalue weighted by atomic mass is 9.79. The highest BCUT2D eigenvalue weighted by molar-refractivity contribution is 8.03. The Bertz CT molecular complexity index is 689. The Morgan fingerprint density at radius 1 is 1.21 bits per heavy atom. The van der Waals surface area contributed by atoms with Crippen molar-refractivity contribution in [1.29, 1.82) is 0 Å². The van der Waals surface area contributed by atoms with Gasteiger partial charge >= 0.3 is 5.97 Å². The van der Waals surface area contributed by atoms with E-state index in [1.807, 2.05) is 6.92 Å². The van der Waals surface area contributed by atoms with Crippen LogP contribution in [-0.4, -0.2) is 93.5 Å². The molecular weight excluding hydrogens is 378 g/mol. The topological polar surface area (TPSA) is 84.3 Å². The molecule has 7 nitrogen and oxygen atoms in total. The molecule has 28 heavy (non-hydrogen) atoms. The number of hydrogen-bond donors (Lipinski definition) is 2. The van der Waals surface area contributed by atoms with Gasteiger partial charge in [-0.25, -0.2) is 4.79 Å². The van der Waals surface area contributed by atoms with Gasteiger partial charge in [-0.3, -0.25) is 9.69 Å². The molecule has 0 aromatic carbocycles. The van der Waals surface area contributed by atoms with E-state index in [-0.39, 0.29) is 23.6 Å². The van der Waals surface area contributed by atoms with Crippen molar-refractivity contribution in [1.82, 2.24) is 14.7 Å². The Hall–Kier alpha value is -1.09. The molecule has 4 aliphatic rings. The van der Waals surface area contributed by atoms with Crippen molar-refractivity contribution in [3.8, 4) is 0 Å². The van der Waals surface area contributed by atoms with Crippen LogP contribution in [0, 0.1) is 11.8 Å². The first-order valence-corrected chi connectivity index (χ1v) is 11.3. The van der Waals surface area contributed by atoms with Gasteiger partial charge in [0, 0.05) is 28.7 Å². The average molecular weight is 410 g/mol. The number of amides is 1. The van der Waals surface area contributed by atoms with E-state index in [2.05, 4.69) is 16.8 Å². The minimum absolute atomic E-state index is 0.0363. The summed E-state index contributed by atoms with van der Waals surface area (Å²) in [5.41, 5.74) is 0.155. The number of likely N-dealkylation sites (tertiary alicyclic amines) is 2. The van der Waals surface area contributed by atoms with E-state index in [4.69, 9.17) is 0 Å². The van der Waals surface area contributed by atoms with Crippen molar-refractivity contribution in [3.05, 3.63) is 10.6 Å². The lowest BCUT2D eigenvalue weighted by Gasteiger charge is -2.46. The number of piperidine rings is 1. The maximum atomic E-state index is 12.5. The number of hydrogen-bond acceptors (Lipinski definition) is 6. The first-order valence-electron chi connectivity index (χ1n) is 10.4. The number of carboxylic acids is 1. The molecule has 0 aliphatic carbocycles. The minimum atomic E-state index is -1.03. The number of aliphatic hydroxyl groups is 1. The van der Waals surface area contributed by atoms with Crippen molar-refractivity contribution in [3.63, 3.8) is 0 Å². The molecule has 0 aromatic heterocycles. The summed E-state index contributed by atoms with van der Waals surface area (Å²) in [6.07, 6.45) is 2.71. The monoisotopic (exact) mass is 409 g/mol.